The summed E-state index contributed by atoms with van der Waals surface area (Å²) < 4.78 is 5.24. The zero-order chi connectivity index (χ0) is 18.5. The highest BCUT2D eigenvalue weighted by Crippen LogP contribution is 2.30. The van der Waals surface area contributed by atoms with Crippen molar-refractivity contribution >= 4 is 16.9 Å². The molecule has 0 unspecified atom stereocenters. The van der Waals surface area contributed by atoms with Crippen LogP contribution in [0.3, 0.4) is 0 Å². The number of amides is 2. The van der Waals surface area contributed by atoms with Crippen LogP contribution in [0, 0.1) is 0 Å². The van der Waals surface area contributed by atoms with Crippen molar-refractivity contribution in [2.24, 2.45) is 0 Å². The molecule has 4 aromatic rings. The summed E-state index contributed by atoms with van der Waals surface area (Å²) in [7, 11) is 0. The van der Waals surface area contributed by atoms with Gasteiger partial charge in [-0.3, -0.25) is 0 Å². The first-order chi connectivity index (χ1) is 13.3. The summed E-state index contributed by atoms with van der Waals surface area (Å²) in [5.74, 6) is 0.776. The predicted octanol–water partition coefficient (Wildman–Crippen LogP) is 4.39. The molecule has 5 nitrogen and oxygen atoms in total. The van der Waals surface area contributed by atoms with Gasteiger partial charge in [0.25, 0.3) is 0 Å². The average molecular weight is 359 g/mol. The maximum absolute atomic E-state index is 12.2. The van der Waals surface area contributed by atoms with Crippen molar-refractivity contribution in [3.8, 4) is 0 Å². The van der Waals surface area contributed by atoms with Crippen LogP contribution >= 0.6 is 0 Å². The fourth-order valence-electron chi connectivity index (χ4n) is 3.31. The molecular weight excluding hydrogens is 338 g/mol. The van der Waals surface area contributed by atoms with Gasteiger partial charge in [-0.05, 0) is 29.3 Å². The number of urea groups is 1. The van der Waals surface area contributed by atoms with Gasteiger partial charge >= 0.3 is 6.03 Å². The van der Waals surface area contributed by atoms with Crippen LogP contribution in [0.1, 0.15) is 22.8 Å². The molecule has 2 amide bonds. The lowest BCUT2D eigenvalue weighted by Crippen LogP contribution is -2.37. The number of hydrogen-bond donors (Lipinski definition) is 3. The van der Waals surface area contributed by atoms with E-state index in [1.165, 1.54) is 10.9 Å². The second-order valence-corrected chi connectivity index (χ2v) is 6.40. The third-order valence-electron chi connectivity index (χ3n) is 4.67. The quantitative estimate of drug-likeness (QED) is 0.478. The highest BCUT2D eigenvalue weighted by atomic mass is 16.3. The number of fused-ring (bicyclic) bond motifs is 1. The summed E-state index contributed by atoms with van der Waals surface area (Å²) in [6.07, 6.45) is 3.63. The number of rotatable bonds is 6. The van der Waals surface area contributed by atoms with E-state index in [0.717, 1.165) is 16.8 Å². The highest BCUT2D eigenvalue weighted by Gasteiger charge is 2.18. The van der Waals surface area contributed by atoms with Crippen LogP contribution in [-0.4, -0.2) is 17.6 Å². The van der Waals surface area contributed by atoms with Crippen molar-refractivity contribution in [1.29, 1.82) is 0 Å². The Morgan fingerprint density at radius 2 is 1.78 bits per heavy atom. The van der Waals surface area contributed by atoms with Crippen LogP contribution in [-0.2, 0) is 6.54 Å². The molecule has 2 aromatic carbocycles. The maximum atomic E-state index is 12.2. The summed E-state index contributed by atoms with van der Waals surface area (Å²) in [6.45, 7) is 0.859. The van der Waals surface area contributed by atoms with E-state index in [1.54, 1.807) is 12.3 Å². The van der Waals surface area contributed by atoms with Gasteiger partial charge in [-0.25, -0.2) is 4.79 Å². The first-order valence-electron chi connectivity index (χ1n) is 8.96. The normalized spacial score (nSPS) is 12.0. The number of nitrogens with one attached hydrogen (secondary N) is 3. The van der Waals surface area contributed by atoms with E-state index in [1.807, 2.05) is 42.6 Å². The minimum Gasteiger partial charge on any atom is -0.467 e. The van der Waals surface area contributed by atoms with Crippen LogP contribution < -0.4 is 10.6 Å². The van der Waals surface area contributed by atoms with Gasteiger partial charge in [0.15, 0.2) is 0 Å². The minimum absolute atomic E-state index is 0.0525. The van der Waals surface area contributed by atoms with Gasteiger partial charge in [0.05, 0.1) is 12.8 Å². The number of aromatic nitrogens is 1. The second kappa shape index (κ2) is 7.83. The van der Waals surface area contributed by atoms with Crippen LogP contribution in [0.5, 0.6) is 0 Å². The lowest BCUT2D eigenvalue weighted by Gasteiger charge is -2.18. The van der Waals surface area contributed by atoms with Gasteiger partial charge in [-0.15, -0.1) is 0 Å². The number of benzene rings is 2. The van der Waals surface area contributed by atoms with E-state index in [2.05, 4.69) is 39.9 Å². The van der Waals surface area contributed by atoms with Gasteiger partial charge in [-0.2, -0.15) is 0 Å². The summed E-state index contributed by atoms with van der Waals surface area (Å²) in [5, 5.41) is 6.98. The molecule has 0 aliphatic rings. The van der Waals surface area contributed by atoms with Crippen molar-refractivity contribution in [2.45, 2.75) is 12.5 Å². The van der Waals surface area contributed by atoms with Crippen LogP contribution in [0.4, 0.5) is 4.79 Å². The van der Waals surface area contributed by atoms with Crippen LogP contribution in [0.25, 0.3) is 10.9 Å². The van der Waals surface area contributed by atoms with Crippen molar-refractivity contribution in [3.63, 3.8) is 0 Å². The number of carbonyl (C=O) groups excluding carboxylic acids is 1. The zero-order valence-corrected chi connectivity index (χ0v) is 14.8. The first-order valence-corrected chi connectivity index (χ1v) is 8.96. The Balaban J connectivity index is 1.51. The van der Waals surface area contributed by atoms with Crippen molar-refractivity contribution in [2.75, 3.05) is 6.54 Å². The molecule has 0 spiro atoms. The number of aromatic amines is 1. The number of furan rings is 1. The summed E-state index contributed by atoms with van der Waals surface area (Å²) in [4.78, 5) is 15.6. The molecule has 0 bridgehead atoms. The number of H-pyrrole nitrogens is 1. The highest BCUT2D eigenvalue weighted by molar-refractivity contribution is 5.84. The fourth-order valence-corrected chi connectivity index (χ4v) is 3.31. The van der Waals surface area contributed by atoms with Gasteiger partial charge < -0.3 is 20.0 Å². The summed E-state index contributed by atoms with van der Waals surface area (Å²) in [5.41, 5.74) is 3.42. The molecule has 3 N–H and O–H groups in total. The third kappa shape index (κ3) is 3.87. The number of para-hydroxylation sites is 1. The first kappa shape index (κ1) is 17.0. The molecular formula is C22H21N3O2. The fraction of sp³-hybridized carbons (Fsp3) is 0.136. The molecule has 2 aromatic heterocycles. The van der Waals surface area contributed by atoms with E-state index in [9.17, 15) is 4.79 Å². The molecule has 0 fully saturated rings. The van der Waals surface area contributed by atoms with Crippen molar-refractivity contribution in [1.82, 2.24) is 15.6 Å². The van der Waals surface area contributed by atoms with Crippen molar-refractivity contribution < 1.29 is 9.21 Å². The monoisotopic (exact) mass is 359 g/mol. The molecule has 0 radical (unpaired) electrons. The molecule has 0 aliphatic carbocycles. The second-order valence-electron chi connectivity index (χ2n) is 6.40. The van der Waals surface area contributed by atoms with E-state index in [4.69, 9.17) is 4.42 Å². The number of hydrogen-bond acceptors (Lipinski definition) is 2. The Labute approximate surface area is 157 Å². The predicted molar refractivity (Wildman–Crippen MR) is 106 cm³/mol. The van der Waals surface area contributed by atoms with Crippen LogP contribution in [0.15, 0.2) is 83.6 Å². The zero-order valence-electron chi connectivity index (χ0n) is 14.8. The largest absolute Gasteiger partial charge is 0.467 e. The van der Waals surface area contributed by atoms with E-state index >= 15 is 0 Å². The number of carbonyl (C=O) groups is 1. The lowest BCUT2D eigenvalue weighted by molar-refractivity contribution is 0.239. The molecule has 0 saturated carbocycles. The Morgan fingerprint density at radius 3 is 2.59 bits per heavy atom. The van der Waals surface area contributed by atoms with Crippen LogP contribution in [0.2, 0.25) is 0 Å². The van der Waals surface area contributed by atoms with E-state index in [-0.39, 0.29) is 11.9 Å². The van der Waals surface area contributed by atoms with E-state index in [0.29, 0.717) is 13.1 Å². The molecule has 27 heavy (non-hydrogen) atoms. The Bertz CT molecular complexity index is 1010. The Hall–Kier alpha value is -3.47. The van der Waals surface area contributed by atoms with Gasteiger partial charge in [0, 0.05) is 29.6 Å². The Morgan fingerprint density at radius 1 is 0.963 bits per heavy atom. The van der Waals surface area contributed by atoms with Gasteiger partial charge in [0.1, 0.15) is 5.76 Å². The van der Waals surface area contributed by atoms with E-state index < -0.39 is 0 Å². The summed E-state index contributed by atoms with van der Waals surface area (Å²) in [6, 6.07) is 21.9. The summed E-state index contributed by atoms with van der Waals surface area (Å²) >= 11 is 0. The molecule has 2 heterocycles. The standard InChI is InChI=1S/C22H21N3O2/c26-22(24-13-17-9-6-12-27-17)25-14-19(16-7-2-1-3-8-16)20-15-23-21-11-5-4-10-18(20)21/h1-12,15,19,23H,13-14H2,(H2,24,25,26)/t19-/m1/s1. The van der Waals surface area contributed by atoms with Crippen molar-refractivity contribution in [3.05, 3.63) is 96.1 Å². The lowest BCUT2D eigenvalue weighted by atomic mass is 9.91. The third-order valence-corrected chi connectivity index (χ3v) is 4.67. The molecule has 0 aliphatic heterocycles. The van der Waals surface area contributed by atoms with Gasteiger partial charge in [0.2, 0.25) is 0 Å². The Kier molecular flexibility index (Phi) is 4.92. The average Bonchev–Trinajstić information content (AvgIpc) is 3.38. The molecule has 4 rings (SSSR count). The maximum Gasteiger partial charge on any atom is 0.315 e. The SMILES string of the molecule is O=C(NCc1ccco1)NC[C@H](c1ccccc1)c1c[nH]c2ccccc12. The minimum atomic E-state index is -0.216. The molecule has 1 atom stereocenters. The topological polar surface area (TPSA) is 70.1 Å². The van der Waals surface area contributed by atoms with Gasteiger partial charge in [-0.1, -0.05) is 48.5 Å². The molecule has 136 valence electrons. The smallest absolute Gasteiger partial charge is 0.315 e. The molecule has 5 heteroatoms. The molecule has 0 saturated heterocycles.